The average Bonchev–Trinajstić information content (AvgIpc) is 3.05. The minimum Gasteiger partial charge on any atom is -0.489 e. The van der Waals surface area contributed by atoms with Crippen LogP contribution in [-0.2, 0) is 11.3 Å². The first-order valence-electron chi connectivity index (χ1n) is 9.33. The van der Waals surface area contributed by atoms with Gasteiger partial charge in [-0.2, -0.15) is 0 Å². The van der Waals surface area contributed by atoms with Crippen LogP contribution in [0.1, 0.15) is 32.3 Å². The molecule has 0 radical (unpaired) electrons. The highest BCUT2D eigenvalue weighted by molar-refractivity contribution is 5.51. The molecule has 0 aromatic heterocycles. The van der Waals surface area contributed by atoms with Gasteiger partial charge in [0.05, 0.1) is 12.2 Å². The van der Waals surface area contributed by atoms with E-state index in [-0.39, 0.29) is 0 Å². The highest BCUT2D eigenvalue weighted by Gasteiger charge is 2.18. The Bertz CT molecular complexity index is 711. The number of nitrogens with zero attached hydrogens (tertiary/aromatic N) is 1. The Morgan fingerprint density at radius 1 is 1.04 bits per heavy atom. The van der Waals surface area contributed by atoms with Crippen LogP contribution in [0.15, 0.2) is 65.9 Å². The van der Waals surface area contributed by atoms with Gasteiger partial charge >= 0.3 is 0 Å². The number of benzene rings is 2. The summed E-state index contributed by atoms with van der Waals surface area (Å²) in [6.07, 6.45) is 2.08. The van der Waals surface area contributed by atoms with Gasteiger partial charge in [-0.1, -0.05) is 30.3 Å². The van der Waals surface area contributed by atoms with Gasteiger partial charge in [-0.3, -0.25) is 5.01 Å². The molecule has 1 aliphatic rings. The molecule has 0 fully saturated rings. The Labute approximate surface area is 156 Å². The maximum Gasteiger partial charge on any atom is 0.119 e. The minimum atomic E-state index is 0.590. The number of hydrogen-bond acceptors (Lipinski definition) is 4. The lowest BCUT2D eigenvalue weighted by molar-refractivity contribution is 0.145. The first-order valence-corrected chi connectivity index (χ1v) is 9.33. The molecule has 0 bridgehead atoms. The summed E-state index contributed by atoms with van der Waals surface area (Å²) in [6.45, 7) is 7.34. The molecule has 0 aliphatic carbocycles. The summed E-state index contributed by atoms with van der Waals surface area (Å²) in [6, 6.07) is 18.5. The van der Waals surface area contributed by atoms with Crippen molar-refractivity contribution in [1.82, 2.24) is 5.43 Å². The van der Waals surface area contributed by atoms with Crippen molar-refractivity contribution in [3.8, 4) is 5.75 Å². The molecule has 3 rings (SSSR count). The molecule has 1 N–H and O–H groups in total. The summed E-state index contributed by atoms with van der Waals surface area (Å²) in [5.41, 5.74) is 8.56. The summed E-state index contributed by atoms with van der Waals surface area (Å²) in [7, 11) is 0. The number of allylic oxidation sites excluding steroid dienone is 1. The molecular formula is C22H28N2O2. The molecule has 2 aromatic carbocycles. The number of nitrogens with one attached hydrogen (secondary N) is 1. The molecule has 0 unspecified atom stereocenters. The second-order valence-electron chi connectivity index (χ2n) is 6.53. The Kier molecular flexibility index (Phi) is 6.56. The van der Waals surface area contributed by atoms with E-state index in [9.17, 15) is 0 Å². The highest BCUT2D eigenvalue weighted by atomic mass is 16.5. The van der Waals surface area contributed by atoms with Gasteiger partial charge in [-0.05, 0) is 62.1 Å². The van der Waals surface area contributed by atoms with Gasteiger partial charge in [0.25, 0.3) is 0 Å². The van der Waals surface area contributed by atoms with Gasteiger partial charge in [0, 0.05) is 18.9 Å². The summed E-state index contributed by atoms with van der Waals surface area (Å²) in [4.78, 5) is 0. The lowest BCUT2D eigenvalue weighted by Crippen LogP contribution is -2.32. The molecule has 26 heavy (non-hydrogen) atoms. The van der Waals surface area contributed by atoms with Crippen molar-refractivity contribution >= 4 is 5.69 Å². The van der Waals surface area contributed by atoms with E-state index in [4.69, 9.17) is 9.47 Å². The second kappa shape index (κ2) is 9.30. The zero-order valence-corrected chi connectivity index (χ0v) is 15.7. The van der Waals surface area contributed by atoms with Crippen LogP contribution >= 0.6 is 0 Å². The van der Waals surface area contributed by atoms with E-state index in [0.29, 0.717) is 6.61 Å². The summed E-state index contributed by atoms with van der Waals surface area (Å²) >= 11 is 0. The van der Waals surface area contributed by atoms with E-state index in [1.165, 1.54) is 16.8 Å². The van der Waals surface area contributed by atoms with E-state index < -0.39 is 0 Å². The van der Waals surface area contributed by atoms with Crippen LogP contribution in [-0.4, -0.2) is 19.8 Å². The monoisotopic (exact) mass is 352 g/mol. The van der Waals surface area contributed by atoms with Crippen LogP contribution in [0.5, 0.6) is 5.75 Å². The Balaban J connectivity index is 1.50. The van der Waals surface area contributed by atoms with Crippen molar-refractivity contribution in [3.63, 3.8) is 0 Å². The van der Waals surface area contributed by atoms with Crippen molar-refractivity contribution in [2.45, 2.75) is 33.3 Å². The highest BCUT2D eigenvalue weighted by Crippen LogP contribution is 2.25. The Morgan fingerprint density at radius 2 is 1.81 bits per heavy atom. The van der Waals surface area contributed by atoms with E-state index in [0.717, 1.165) is 44.0 Å². The number of hydrazine groups is 1. The van der Waals surface area contributed by atoms with Crippen LogP contribution in [0, 0.1) is 0 Å². The molecule has 0 saturated heterocycles. The van der Waals surface area contributed by atoms with Crippen LogP contribution in [0.4, 0.5) is 5.69 Å². The summed E-state index contributed by atoms with van der Waals surface area (Å²) in [5, 5.41) is 2.19. The lowest BCUT2D eigenvalue weighted by atomic mass is 10.1. The quantitative estimate of drug-likeness (QED) is 0.664. The SMILES string of the molecule is CCOCCCC1=C(C)CN(c2ccc(OCc3ccccc3)cc2)N1. The fraction of sp³-hybridized carbons (Fsp3) is 0.364. The maximum atomic E-state index is 5.86. The zero-order chi connectivity index (χ0) is 18.2. The molecule has 0 atom stereocenters. The molecule has 138 valence electrons. The molecule has 0 saturated carbocycles. The van der Waals surface area contributed by atoms with Crippen molar-refractivity contribution in [1.29, 1.82) is 0 Å². The first-order chi connectivity index (χ1) is 12.8. The fourth-order valence-electron chi connectivity index (χ4n) is 3.01. The third kappa shape index (κ3) is 5.02. The van der Waals surface area contributed by atoms with Crippen molar-refractivity contribution in [2.75, 3.05) is 24.8 Å². The topological polar surface area (TPSA) is 33.7 Å². The van der Waals surface area contributed by atoms with Crippen LogP contribution in [0.3, 0.4) is 0 Å². The maximum absolute atomic E-state index is 5.86. The van der Waals surface area contributed by atoms with Crippen LogP contribution in [0.2, 0.25) is 0 Å². The molecule has 2 aromatic rings. The first kappa shape index (κ1) is 18.3. The smallest absolute Gasteiger partial charge is 0.119 e. The second-order valence-corrected chi connectivity index (χ2v) is 6.53. The van der Waals surface area contributed by atoms with Gasteiger partial charge in [0.15, 0.2) is 0 Å². The Hall–Kier alpha value is -2.46. The summed E-state index contributed by atoms with van der Waals surface area (Å²) < 4.78 is 11.3. The molecule has 0 amide bonds. The number of hydrogen-bond donors (Lipinski definition) is 1. The molecular weight excluding hydrogens is 324 g/mol. The third-order valence-electron chi connectivity index (χ3n) is 4.50. The normalized spacial score (nSPS) is 13.8. The number of anilines is 1. The van der Waals surface area contributed by atoms with Crippen molar-refractivity contribution < 1.29 is 9.47 Å². The van der Waals surface area contributed by atoms with E-state index >= 15 is 0 Å². The predicted octanol–water partition coefficient (Wildman–Crippen LogP) is 4.68. The van der Waals surface area contributed by atoms with Crippen LogP contribution in [0.25, 0.3) is 0 Å². The average molecular weight is 352 g/mol. The summed E-state index contributed by atoms with van der Waals surface area (Å²) in [5.74, 6) is 0.887. The predicted molar refractivity (Wildman–Crippen MR) is 106 cm³/mol. The van der Waals surface area contributed by atoms with Gasteiger partial charge in [-0.15, -0.1) is 0 Å². The molecule has 4 nitrogen and oxygen atoms in total. The number of ether oxygens (including phenoxy) is 2. The molecule has 1 heterocycles. The molecule has 4 heteroatoms. The lowest BCUT2D eigenvalue weighted by Gasteiger charge is -2.21. The third-order valence-corrected chi connectivity index (χ3v) is 4.50. The van der Waals surface area contributed by atoms with Gasteiger partial charge in [0.1, 0.15) is 12.4 Å². The van der Waals surface area contributed by atoms with Gasteiger partial charge in [0.2, 0.25) is 0 Å². The fourth-order valence-corrected chi connectivity index (χ4v) is 3.01. The van der Waals surface area contributed by atoms with E-state index in [1.807, 2.05) is 37.3 Å². The standard InChI is InChI=1S/C22H28N2O2/c1-3-25-15-7-10-22-18(2)16-24(23-22)20-11-13-21(14-12-20)26-17-19-8-5-4-6-9-19/h4-6,8-9,11-14,23H,3,7,10,15-17H2,1-2H3. The molecule has 0 spiro atoms. The van der Waals surface area contributed by atoms with E-state index in [2.05, 4.69) is 41.6 Å². The zero-order valence-electron chi connectivity index (χ0n) is 15.7. The van der Waals surface area contributed by atoms with Crippen LogP contribution < -0.4 is 15.2 Å². The van der Waals surface area contributed by atoms with Gasteiger partial charge < -0.3 is 14.9 Å². The number of rotatable bonds is 9. The van der Waals surface area contributed by atoms with Gasteiger partial charge in [-0.25, -0.2) is 0 Å². The van der Waals surface area contributed by atoms with Crippen molar-refractivity contribution in [2.24, 2.45) is 0 Å². The minimum absolute atomic E-state index is 0.590. The van der Waals surface area contributed by atoms with Crippen molar-refractivity contribution in [3.05, 3.63) is 71.4 Å². The largest absolute Gasteiger partial charge is 0.489 e. The Morgan fingerprint density at radius 3 is 2.54 bits per heavy atom. The molecule has 1 aliphatic heterocycles. The van der Waals surface area contributed by atoms with E-state index in [1.54, 1.807) is 0 Å².